The minimum Gasteiger partial charge on any atom is -0.334 e. The number of nitrogens with zero attached hydrogens (tertiary/aromatic N) is 2. The SMILES string of the molecule is CC(C)(C)c1ccccc1Nc1ncc(Br)cc1[N+](=O)[O-]. The molecule has 5 nitrogen and oxygen atoms in total. The van der Waals surface area contributed by atoms with Crippen LogP contribution in [-0.2, 0) is 5.41 Å². The Hall–Kier alpha value is -1.95. The molecule has 2 aromatic rings. The number of hydrogen-bond acceptors (Lipinski definition) is 4. The first-order valence-electron chi connectivity index (χ1n) is 6.45. The Labute approximate surface area is 131 Å². The third kappa shape index (κ3) is 3.58. The summed E-state index contributed by atoms with van der Waals surface area (Å²) in [5.74, 6) is 0.236. The number of hydrogen-bond donors (Lipinski definition) is 1. The second-order valence-corrected chi connectivity index (χ2v) is 6.61. The van der Waals surface area contributed by atoms with Gasteiger partial charge in [0, 0.05) is 22.4 Å². The zero-order valence-corrected chi connectivity index (χ0v) is 13.6. The summed E-state index contributed by atoms with van der Waals surface area (Å²) in [6.07, 6.45) is 1.54. The lowest BCUT2D eigenvalue weighted by Crippen LogP contribution is -2.14. The quantitative estimate of drug-likeness (QED) is 0.638. The molecule has 21 heavy (non-hydrogen) atoms. The predicted molar refractivity (Wildman–Crippen MR) is 87.0 cm³/mol. The Bertz CT molecular complexity index is 681. The summed E-state index contributed by atoms with van der Waals surface area (Å²) in [5, 5.41) is 14.2. The van der Waals surface area contributed by atoms with Crippen LogP contribution in [0.1, 0.15) is 26.3 Å². The first kappa shape index (κ1) is 15.4. The molecule has 0 saturated heterocycles. The summed E-state index contributed by atoms with van der Waals surface area (Å²) in [5.41, 5.74) is 1.76. The van der Waals surface area contributed by atoms with E-state index in [1.54, 1.807) is 0 Å². The van der Waals surface area contributed by atoms with Crippen LogP contribution in [0.5, 0.6) is 0 Å². The van der Waals surface area contributed by atoms with Gasteiger partial charge in [0.1, 0.15) is 0 Å². The highest BCUT2D eigenvalue weighted by molar-refractivity contribution is 9.10. The van der Waals surface area contributed by atoms with Crippen LogP contribution in [0.15, 0.2) is 41.0 Å². The summed E-state index contributed by atoms with van der Waals surface area (Å²) in [4.78, 5) is 14.8. The molecule has 0 aliphatic heterocycles. The van der Waals surface area contributed by atoms with Crippen molar-refractivity contribution in [3.8, 4) is 0 Å². The highest BCUT2D eigenvalue weighted by atomic mass is 79.9. The number of halogens is 1. The maximum Gasteiger partial charge on any atom is 0.312 e. The maximum atomic E-state index is 11.2. The molecule has 0 atom stereocenters. The minimum atomic E-state index is -0.445. The monoisotopic (exact) mass is 349 g/mol. The molecule has 1 aromatic heterocycles. The summed E-state index contributed by atoms with van der Waals surface area (Å²) < 4.78 is 0.573. The molecule has 1 aromatic carbocycles. The Balaban J connectivity index is 2.47. The average Bonchev–Trinajstić information content (AvgIpc) is 2.40. The van der Waals surface area contributed by atoms with Gasteiger partial charge in [-0.25, -0.2) is 4.98 Å². The van der Waals surface area contributed by atoms with E-state index < -0.39 is 4.92 Å². The molecule has 2 rings (SSSR count). The Morgan fingerprint density at radius 2 is 1.95 bits per heavy atom. The Kier molecular flexibility index (Phi) is 4.27. The van der Waals surface area contributed by atoms with Gasteiger partial charge in [-0.15, -0.1) is 0 Å². The van der Waals surface area contributed by atoms with Crippen molar-refractivity contribution in [1.82, 2.24) is 4.98 Å². The summed E-state index contributed by atoms with van der Waals surface area (Å²) in [7, 11) is 0. The predicted octanol–water partition coefficient (Wildman–Crippen LogP) is 4.79. The van der Waals surface area contributed by atoms with Gasteiger partial charge in [0.15, 0.2) is 0 Å². The summed E-state index contributed by atoms with van der Waals surface area (Å²) >= 11 is 3.20. The van der Waals surface area contributed by atoms with Crippen LogP contribution in [0.3, 0.4) is 0 Å². The number of rotatable bonds is 3. The van der Waals surface area contributed by atoms with E-state index in [1.807, 2.05) is 24.3 Å². The summed E-state index contributed by atoms with van der Waals surface area (Å²) in [6.45, 7) is 6.28. The lowest BCUT2D eigenvalue weighted by molar-refractivity contribution is -0.384. The third-order valence-corrected chi connectivity index (χ3v) is 3.45. The fourth-order valence-electron chi connectivity index (χ4n) is 2.04. The van der Waals surface area contributed by atoms with Gasteiger partial charge in [0.2, 0.25) is 5.82 Å². The molecule has 0 saturated carbocycles. The topological polar surface area (TPSA) is 68.1 Å². The van der Waals surface area contributed by atoms with E-state index in [1.165, 1.54) is 12.3 Å². The van der Waals surface area contributed by atoms with E-state index in [2.05, 4.69) is 47.0 Å². The smallest absolute Gasteiger partial charge is 0.312 e. The lowest BCUT2D eigenvalue weighted by atomic mass is 9.86. The number of para-hydroxylation sites is 1. The summed E-state index contributed by atoms with van der Waals surface area (Å²) in [6, 6.07) is 9.19. The third-order valence-electron chi connectivity index (χ3n) is 3.02. The van der Waals surface area contributed by atoms with E-state index in [-0.39, 0.29) is 16.9 Å². The second-order valence-electron chi connectivity index (χ2n) is 5.70. The minimum absolute atomic E-state index is 0.0620. The number of pyridine rings is 1. The Morgan fingerprint density at radius 3 is 2.57 bits per heavy atom. The lowest BCUT2D eigenvalue weighted by Gasteiger charge is -2.23. The fourth-order valence-corrected chi connectivity index (χ4v) is 2.36. The normalized spacial score (nSPS) is 11.2. The molecule has 6 heteroatoms. The van der Waals surface area contributed by atoms with Crippen molar-refractivity contribution in [2.24, 2.45) is 0 Å². The number of benzene rings is 1. The van der Waals surface area contributed by atoms with E-state index in [4.69, 9.17) is 0 Å². The van der Waals surface area contributed by atoms with Gasteiger partial charge in [0.25, 0.3) is 0 Å². The Morgan fingerprint density at radius 1 is 1.29 bits per heavy atom. The number of nitrogens with one attached hydrogen (secondary N) is 1. The maximum absolute atomic E-state index is 11.2. The fraction of sp³-hybridized carbons (Fsp3) is 0.267. The van der Waals surface area contributed by atoms with Crippen molar-refractivity contribution in [3.63, 3.8) is 0 Å². The molecule has 1 heterocycles. The second kappa shape index (κ2) is 5.81. The van der Waals surface area contributed by atoms with Crippen molar-refractivity contribution in [2.75, 3.05) is 5.32 Å². The van der Waals surface area contributed by atoms with Crippen LogP contribution < -0.4 is 5.32 Å². The van der Waals surface area contributed by atoms with Crippen LogP contribution in [0.25, 0.3) is 0 Å². The molecule has 0 amide bonds. The molecular formula is C15H16BrN3O2. The van der Waals surface area contributed by atoms with Crippen molar-refractivity contribution in [2.45, 2.75) is 26.2 Å². The van der Waals surface area contributed by atoms with Gasteiger partial charge in [-0.2, -0.15) is 0 Å². The molecule has 0 aliphatic carbocycles. The van der Waals surface area contributed by atoms with Crippen molar-refractivity contribution >= 4 is 33.1 Å². The molecular weight excluding hydrogens is 334 g/mol. The first-order chi connectivity index (χ1) is 9.79. The zero-order chi connectivity index (χ0) is 15.6. The number of nitro groups is 1. The molecule has 110 valence electrons. The van der Waals surface area contributed by atoms with Crippen molar-refractivity contribution in [3.05, 3.63) is 56.7 Å². The molecule has 0 aliphatic rings. The van der Waals surface area contributed by atoms with Crippen LogP contribution in [-0.4, -0.2) is 9.91 Å². The van der Waals surface area contributed by atoms with Gasteiger partial charge in [-0.3, -0.25) is 10.1 Å². The van der Waals surface area contributed by atoms with E-state index >= 15 is 0 Å². The largest absolute Gasteiger partial charge is 0.334 e. The molecule has 0 bridgehead atoms. The molecule has 0 fully saturated rings. The van der Waals surface area contributed by atoms with Crippen molar-refractivity contribution < 1.29 is 4.92 Å². The van der Waals surface area contributed by atoms with Gasteiger partial charge in [-0.1, -0.05) is 39.0 Å². The van der Waals surface area contributed by atoms with Gasteiger partial charge in [-0.05, 0) is 33.0 Å². The molecule has 0 unspecified atom stereocenters. The van der Waals surface area contributed by atoms with Gasteiger partial charge < -0.3 is 5.32 Å². The van der Waals surface area contributed by atoms with Crippen LogP contribution in [0.4, 0.5) is 17.2 Å². The van der Waals surface area contributed by atoms with Crippen molar-refractivity contribution in [1.29, 1.82) is 0 Å². The van der Waals surface area contributed by atoms with E-state index in [9.17, 15) is 10.1 Å². The van der Waals surface area contributed by atoms with Gasteiger partial charge >= 0.3 is 5.69 Å². The number of aromatic nitrogens is 1. The highest BCUT2D eigenvalue weighted by Gasteiger charge is 2.21. The first-order valence-corrected chi connectivity index (χ1v) is 7.25. The van der Waals surface area contributed by atoms with Crippen LogP contribution >= 0.6 is 15.9 Å². The zero-order valence-electron chi connectivity index (χ0n) is 12.1. The molecule has 0 spiro atoms. The highest BCUT2D eigenvalue weighted by Crippen LogP contribution is 2.33. The molecule has 0 radical (unpaired) electrons. The van der Waals surface area contributed by atoms with Crippen LogP contribution in [0.2, 0.25) is 0 Å². The van der Waals surface area contributed by atoms with Crippen LogP contribution in [0, 0.1) is 10.1 Å². The van der Waals surface area contributed by atoms with E-state index in [0.717, 1.165) is 11.3 Å². The number of anilines is 2. The van der Waals surface area contributed by atoms with Gasteiger partial charge in [0.05, 0.1) is 4.92 Å². The van der Waals surface area contributed by atoms with E-state index in [0.29, 0.717) is 4.47 Å². The molecule has 1 N–H and O–H groups in total. The standard InChI is InChI=1S/C15H16BrN3O2/c1-15(2,3)11-6-4-5-7-12(11)18-14-13(19(20)21)8-10(16)9-17-14/h4-9H,1-3H3,(H,17,18). The average molecular weight is 350 g/mol.